The summed E-state index contributed by atoms with van der Waals surface area (Å²) in [5.41, 5.74) is 0. The second-order valence-electron chi connectivity index (χ2n) is 4.39. The van der Waals surface area contributed by atoms with Gasteiger partial charge in [0.2, 0.25) is 0 Å². The molecule has 0 aliphatic heterocycles. The topological polar surface area (TPSA) is 84.5 Å². The number of amides is 3. The van der Waals surface area contributed by atoms with Gasteiger partial charge in [0, 0.05) is 6.04 Å². The zero-order valence-corrected chi connectivity index (χ0v) is 13.0. The van der Waals surface area contributed by atoms with E-state index >= 15 is 0 Å². The van der Waals surface area contributed by atoms with Crippen molar-refractivity contribution in [2.45, 2.75) is 31.9 Å². The molecular formula is C12H13BrN2O4S. The van der Waals surface area contributed by atoms with Crippen LogP contribution >= 0.6 is 27.3 Å². The molecule has 0 bridgehead atoms. The fourth-order valence-electron chi connectivity index (χ4n) is 1.36. The van der Waals surface area contributed by atoms with Gasteiger partial charge in [0.1, 0.15) is 4.88 Å². The monoisotopic (exact) mass is 360 g/mol. The van der Waals surface area contributed by atoms with E-state index < -0.39 is 24.0 Å². The number of rotatable bonds is 4. The second kappa shape index (κ2) is 6.36. The minimum absolute atomic E-state index is 0.157. The maximum atomic E-state index is 11.7. The third kappa shape index (κ3) is 4.31. The van der Waals surface area contributed by atoms with Crippen LogP contribution in [0.2, 0.25) is 0 Å². The molecule has 108 valence electrons. The summed E-state index contributed by atoms with van der Waals surface area (Å²) < 4.78 is 5.79. The minimum atomic E-state index is -1.03. The summed E-state index contributed by atoms with van der Waals surface area (Å²) in [4.78, 5) is 35.2. The first kappa shape index (κ1) is 15.0. The number of ether oxygens (including phenoxy) is 1. The minimum Gasteiger partial charge on any atom is -0.448 e. The molecule has 1 saturated carbocycles. The Morgan fingerprint density at radius 3 is 2.65 bits per heavy atom. The van der Waals surface area contributed by atoms with E-state index in [-0.39, 0.29) is 6.04 Å². The molecule has 1 aliphatic rings. The van der Waals surface area contributed by atoms with Gasteiger partial charge in [0.25, 0.3) is 5.91 Å². The van der Waals surface area contributed by atoms with Crippen LogP contribution in [0.25, 0.3) is 0 Å². The van der Waals surface area contributed by atoms with Crippen molar-refractivity contribution in [3.63, 3.8) is 0 Å². The molecule has 1 atom stereocenters. The van der Waals surface area contributed by atoms with E-state index in [4.69, 9.17) is 4.74 Å². The van der Waals surface area contributed by atoms with Gasteiger partial charge in [-0.05, 0) is 47.8 Å². The molecule has 2 rings (SSSR count). The van der Waals surface area contributed by atoms with Crippen LogP contribution in [0.4, 0.5) is 4.79 Å². The Balaban J connectivity index is 1.80. The quantitative estimate of drug-likeness (QED) is 0.804. The Labute approximate surface area is 128 Å². The van der Waals surface area contributed by atoms with Crippen LogP contribution in [0, 0.1) is 0 Å². The fourth-order valence-corrected chi connectivity index (χ4v) is 2.63. The van der Waals surface area contributed by atoms with Crippen molar-refractivity contribution in [3.05, 3.63) is 20.8 Å². The number of imide groups is 1. The maximum Gasteiger partial charge on any atom is 0.349 e. The van der Waals surface area contributed by atoms with Gasteiger partial charge in [0.15, 0.2) is 6.10 Å². The van der Waals surface area contributed by atoms with Crippen LogP contribution < -0.4 is 10.6 Å². The molecule has 1 unspecified atom stereocenters. The van der Waals surface area contributed by atoms with Gasteiger partial charge in [-0.3, -0.25) is 10.1 Å². The molecular weight excluding hydrogens is 348 g/mol. The van der Waals surface area contributed by atoms with Gasteiger partial charge in [-0.15, -0.1) is 11.3 Å². The van der Waals surface area contributed by atoms with Crippen molar-refractivity contribution in [1.82, 2.24) is 10.6 Å². The van der Waals surface area contributed by atoms with Gasteiger partial charge in [-0.25, -0.2) is 9.59 Å². The smallest absolute Gasteiger partial charge is 0.349 e. The van der Waals surface area contributed by atoms with Crippen LogP contribution in [-0.4, -0.2) is 30.1 Å². The molecule has 1 aromatic heterocycles. The predicted molar refractivity (Wildman–Crippen MR) is 76.6 cm³/mol. The second-order valence-corrected chi connectivity index (χ2v) is 6.85. The van der Waals surface area contributed by atoms with Gasteiger partial charge < -0.3 is 10.1 Å². The maximum absolute atomic E-state index is 11.7. The van der Waals surface area contributed by atoms with Crippen LogP contribution in [0.3, 0.4) is 0 Å². The summed E-state index contributed by atoms with van der Waals surface area (Å²) in [6.45, 7) is 1.42. The van der Waals surface area contributed by atoms with Crippen LogP contribution in [0.1, 0.15) is 29.4 Å². The predicted octanol–water partition coefficient (Wildman–Crippen LogP) is 2.04. The molecule has 0 saturated heterocycles. The van der Waals surface area contributed by atoms with Crippen molar-refractivity contribution in [2.24, 2.45) is 0 Å². The van der Waals surface area contributed by atoms with Crippen molar-refractivity contribution in [1.29, 1.82) is 0 Å². The van der Waals surface area contributed by atoms with Gasteiger partial charge >= 0.3 is 12.0 Å². The highest BCUT2D eigenvalue weighted by Crippen LogP contribution is 2.23. The average Bonchev–Trinajstić information content (AvgIpc) is 3.07. The highest BCUT2D eigenvalue weighted by molar-refractivity contribution is 9.11. The van der Waals surface area contributed by atoms with Gasteiger partial charge in [-0.1, -0.05) is 0 Å². The Hall–Kier alpha value is -1.41. The first-order valence-corrected chi connectivity index (χ1v) is 7.64. The number of hydrogen-bond donors (Lipinski definition) is 2. The Morgan fingerprint density at radius 1 is 1.40 bits per heavy atom. The van der Waals surface area contributed by atoms with Crippen LogP contribution in [-0.2, 0) is 9.53 Å². The fraction of sp³-hybridized carbons (Fsp3) is 0.417. The number of hydrogen-bond acceptors (Lipinski definition) is 5. The summed E-state index contributed by atoms with van der Waals surface area (Å²) in [7, 11) is 0. The van der Waals surface area contributed by atoms with Crippen molar-refractivity contribution >= 4 is 45.2 Å². The lowest BCUT2D eigenvalue weighted by Crippen LogP contribution is -2.45. The molecule has 1 heterocycles. The molecule has 20 heavy (non-hydrogen) atoms. The number of esters is 1. The van der Waals surface area contributed by atoms with E-state index in [0.29, 0.717) is 4.88 Å². The molecule has 0 aromatic carbocycles. The SMILES string of the molecule is CC(OC(=O)c1ccc(Br)s1)C(=O)NC(=O)NC1CC1. The van der Waals surface area contributed by atoms with E-state index in [9.17, 15) is 14.4 Å². The number of thiophene rings is 1. The summed E-state index contributed by atoms with van der Waals surface area (Å²) in [5, 5.41) is 4.75. The van der Waals surface area contributed by atoms with E-state index in [2.05, 4.69) is 26.6 Å². The van der Waals surface area contributed by atoms with Crippen molar-refractivity contribution in [2.75, 3.05) is 0 Å². The Kier molecular flexibility index (Phi) is 4.77. The summed E-state index contributed by atoms with van der Waals surface area (Å²) >= 11 is 4.45. The largest absolute Gasteiger partial charge is 0.448 e. The van der Waals surface area contributed by atoms with Crippen LogP contribution in [0.15, 0.2) is 15.9 Å². The average molecular weight is 361 g/mol. The zero-order valence-electron chi connectivity index (χ0n) is 10.6. The molecule has 1 fully saturated rings. The molecule has 8 heteroatoms. The Bertz CT molecular complexity index is 541. The highest BCUT2D eigenvalue weighted by Gasteiger charge is 2.26. The number of nitrogens with one attached hydrogen (secondary N) is 2. The highest BCUT2D eigenvalue weighted by atomic mass is 79.9. The molecule has 0 radical (unpaired) electrons. The van der Waals surface area contributed by atoms with Crippen molar-refractivity contribution < 1.29 is 19.1 Å². The number of urea groups is 1. The summed E-state index contributed by atoms with van der Waals surface area (Å²) in [5.74, 6) is -1.24. The first-order chi connectivity index (χ1) is 9.45. The molecule has 6 nitrogen and oxygen atoms in total. The third-order valence-corrected chi connectivity index (χ3v) is 4.18. The molecule has 2 N–H and O–H groups in total. The summed E-state index contributed by atoms with van der Waals surface area (Å²) in [6, 6.07) is 2.92. The standard InChI is InChI=1S/C12H13BrN2O4S/c1-6(10(16)15-12(18)14-7-2-3-7)19-11(17)8-4-5-9(13)20-8/h4-7H,2-3H2,1H3,(H2,14,15,16,18). The van der Waals surface area contributed by atoms with E-state index in [1.807, 2.05) is 0 Å². The van der Waals surface area contributed by atoms with Gasteiger partial charge in [-0.2, -0.15) is 0 Å². The molecule has 3 amide bonds. The first-order valence-electron chi connectivity index (χ1n) is 6.03. The van der Waals surface area contributed by atoms with E-state index in [0.717, 1.165) is 16.6 Å². The molecule has 1 aliphatic carbocycles. The van der Waals surface area contributed by atoms with Crippen molar-refractivity contribution in [3.8, 4) is 0 Å². The normalized spacial score (nSPS) is 15.3. The number of carbonyl (C=O) groups excluding carboxylic acids is 3. The lowest BCUT2D eigenvalue weighted by Gasteiger charge is -2.12. The molecule has 0 spiro atoms. The van der Waals surface area contributed by atoms with Gasteiger partial charge in [0.05, 0.1) is 3.79 Å². The number of carbonyl (C=O) groups is 3. The summed E-state index contributed by atoms with van der Waals surface area (Å²) in [6.07, 6.45) is 0.826. The lowest BCUT2D eigenvalue weighted by molar-refractivity contribution is -0.127. The van der Waals surface area contributed by atoms with E-state index in [1.165, 1.54) is 18.3 Å². The third-order valence-electron chi connectivity index (χ3n) is 2.58. The number of halogens is 1. The van der Waals surface area contributed by atoms with E-state index in [1.54, 1.807) is 12.1 Å². The van der Waals surface area contributed by atoms with Crippen LogP contribution in [0.5, 0.6) is 0 Å². The lowest BCUT2D eigenvalue weighted by atomic mass is 10.3. The molecule has 1 aromatic rings. The Morgan fingerprint density at radius 2 is 2.10 bits per heavy atom. The zero-order chi connectivity index (χ0) is 14.7.